The van der Waals surface area contributed by atoms with Crippen LogP contribution >= 0.6 is 0 Å². The number of hydrogen-bond donors (Lipinski definition) is 4. The number of allylic oxidation sites excluding steroid dienone is 2. The van der Waals surface area contributed by atoms with E-state index in [0.29, 0.717) is 42.9 Å². The Balaban J connectivity index is 0.000000250. The van der Waals surface area contributed by atoms with Crippen molar-refractivity contribution < 1.29 is 39.6 Å². The highest BCUT2D eigenvalue weighted by Gasteiger charge is 2.27. The molecule has 4 rings (SSSR count). The number of carbonyl (C=O) groups is 4. The molecule has 1 saturated carbocycles. The number of hydrogen-bond acceptors (Lipinski definition) is 6. The maximum absolute atomic E-state index is 11.7. The second kappa shape index (κ2) is 17.7. The van der Waals surface area contributed by atoms with Gasteiger partial charge >= 0.3 is 11.9 Å². The number of phenols is 2. The molecule has 250 valence electrons. The fraction of sp³-hybridized carbons (Fsp3) is 0.526. The van der Waals surface area contributed by atoms with Crippen LogP contribution in [0.1, 0.15) is 140 Å². The fourth-order valence-corrected chi connectivity index (χ4v) is 6.48. The monoisotopic (exact) mass is 634 g/mol. The van der Waals surface area contributed by atoms with Crippen molar-refractivity contribution in [3.05, 3.63) is 69.8 Å². The van der Waals surface area contributed by atoms with Crippen molar-refractivity contribution in [3.63, 3.8) is 0 Å². The predicted octanol–water partition coefficient (Wildman–Crippen LogP) is 8.20. The molecule has 0 heterocycles. The summed E-state index contributed by atoms with van der Waals surface area (Å²) in [5, 5.41) is 38.8. The van der Waals surface area contributed by atoms with Crippen LogP contribution in [0.4, 0.5) is 0 Å². The summed E-state index contributed by atoms with van der Waals surface area (Å²) >= 11 is 0. The number of benzene rings is 2. The number of carbonyl (C=O) groups excluding carboxylic acids is 2. The number of carboxylic acids is 2. The van der Waals surface area contributed by atoms with Gasteiger partial charge in [0.1, 0.15) is 34.2 Å². The Morgan fingerprint density at radius 3 is 2.22 bits per heavy atom. The van der Waals surface area contributed by atoms with Crippen molar-refractivity contribution in [1.29, 1.82) is 0 Å². The third kappa shape index (κ3) is 10.6. The average molecular weight is 635 g/mol. The van der Waals surface area contributed by atoms with Crippen LogP contribution in [0.15, 0.2) is 36.4 Å². The van der Waals surface area contributed by atoms with Crippen LogP contribution in [0.5, 0.6) is 11.5 Å². The van der Waals surface area contributed by atoms with Crippen LogP contribution in [-0.4, -0.2) is 43.9 Å². The molecule has 0 bridgehead atoms. The van der Waals surface area contributed by atoms with E-state index in [1.165, 1.54) is 0 Å². The Bertz CT molecular complexity index is 1420. The molecule has 8 heteroatoms. The van der Waals surface area contributed by atoms with Crippen LogP contribution in [0.2, 0.25) is 0 Å². The summed E-state index contributed by atoms with van der Waals surface area (Å²) < 4.78 is 0. The largest absolute Gasteiger partial charge is 0.507 e. The molecular weight excluding hydrogens is 584 g/mol. The fourth-order valence-electron chi connectivity index (χ4n) is 6.48. The van der Waals surface area contributed by atoms with Gasteiger partial charge in [-0.05, 0) is 123 Å². The molecule has 2 aliphatic rings. The molecule has 0 radical (unpaired) electrons. The van der Waals surface area contributed by atoms with Gasteiger partial charge in [-0.15, -0.1) is 0 Å². The number of unbranched alkanes of at least 4 members (excludes halogenated alkanes) is 2. The maximum atomic E-state index is 11.7. The van der Waals surface area contributed by atoms with Crippen molar-refractivity contribution in [3.8, 4) is 11.5 Å². The molecule has 3 unspecified atom stereocenters. The molecule has 3 atom stereocenters. The summed E-state index contributed by atoms with van der Waals surface area (Å²) in [6.45, 7) is 5.84. The number of aryl methyl sites for hydroxylation is 2. The summed E-state index contributed by atoms with van der Waals surface area (Å²) in [5.74, 6) is -1.07. The quantitative estimate of drug-likeness (QED) is 0.127. The first kappa shape index (κ1) is 36.5. The van der Waals surface area contributed by atoms with Crippen LogP contribution in [0, 0.1) is 11.8 Å². The van der Waals surface area contributed by atoms with Crippen molar-refractivity contribution in [2.45, 2.75) is 117 Å². The Kier molecular flexibility index (Phi) is 14.0. The molecule has 46 heavy (non-hydrogen) atoms. The van der Waals surface area contributed by atoms with E-state index in [1.807, 2.05) is 6.07 Å². The molecule has 0 aliphatic heterocycles. The molecule has 0 spiro atoms. The molecule has 8 nitrogen and oxygen atoms in total. The lowest BCUT2D eigenvalue weighted by Crippen LogP contribution is -2.25. The maximum Gasteiger partial charge on any atom is 0.339 e. The van der Waals surface area contributed by atoms with Crippen LogP contribution in [0.3, 0.4) is 0 Å². The molecule has 1 fully saturated rings. The number of rotatable bonds is 13. The van der Waals surface area contributed by atoms with Gasteiger partial charge in [-0.2, -0.15) is 0 Å². The minimum Gasteiger partial charge on any atom is -0.507 e. The molecule has 2 aromatic rings. The van der Waals surface area contributed by atoms with Crippen LogP contribution in [0.25, 0.3) is 0 Å². The number of ketones is 2. The summed E-state index contributed by atoms with van der Waals surface area (Å²) in [6, 6.07) is 6.73. The summed E-state index contributed by atoms with van der Waals surface area (Å²) in [7, 11) is 0. The Morgan fingerprint density at radius 2 is 1.59 bits per heavy atom. The van der Waals surface area contributed by atoms with E-state index in [1.54, 1.807) is 25.1 Å². The van der Waals surface area contributed by atoms with E-state index < -0.39 is 11.9 Å². The van der Waals surface area contributed by atoms with Gasteiger partial charge in [0.05, 0.1) is 0 Å². The smallest absolute Gasteiger partial charge is 0.339 e. The second-order valence-electron chi connectivity index (χ2n) is 13.0. The zero-order valence-electron chi connectivity index (χ0n) is 27.5. The Morgan fingerprint density at radius 1 is 0.870 bits per heavy atom. The first-order valence-corrected chi connectivity index (χ1v) is 16.8. The minimum atomic E-state index is -1.10. The highest BCUT2D eigenvalue weighted by Crippen LogP contribution is 2.35. The molecule has 0 aromatic heterocycles. The highest BCUT2D eigenvalue weighted by atomic mass is 16.4. The van der Waals surface area contributed by atoms with Gasteiger partial charge in [0, 0.05) is 25.2 Å². The number of aromatic hydroxyl groups is 2. The lowest BCUT2D eigenvalue weighted by atomic mass is 9.76. The van der Waals surface area contributed by atoms with Crippen molar-refractivity contribution in [1.82, 2.24) is 0 Å². The van der Waals surface area contributed by atoms with E-state index in [2.05, 4.69) is 26.0 Å². The highest BCUT2D eigenvalue weighted by molar-refractivity contribution is 5.92. The van der Waals surface area contributed by atoms with Gasteiger partial charge in [0.15, 0.2) is 0 Å². The Hall–Kier alpha value is -3.94. The van der Waals surface area contributed by atoms with Gasteiger partial charge < -0.3 is 25.2 Å². The molecular formula is C38H50O8. The van der Waals surface area contributed by atoms with Gasteiger partial charge in [-0.1, -0.05) is 38.5 Å². The first-order chi connectivity index (χ1) is 21.9. The summed E-state index contributed by atoms with van der Waals surface area (Å²) in [4.78, 5) is 45.4. The molecule has 0 amide bonds. The van der Waals surface area contributed by atoms with Gasteiger partial charge in [0.25, 0.3) is 0 Å². The molecule has 2 aromatic carbocycles. The van der Waals surface area contributed by atoms with Crippen molar-refractivity contribution in [2.75, 3.05) is 0 Å². The van der Waals surface area contributed by atoms with E-state index in [-0.39, 0.29) is 40.2 Å². The minimum absolute atomic E-state index is 0.0250. The van der Waals surface area contributed by atoms with Gasteiger partial charge in [-0.3, -0.25) is 4.79 Å². The number of carboxylic acid groups (broad SMARTS) is 2. The average Bonchev–Trinajstić information content (AvgIpc) is 3.01. The van der Waals surface area contributed by atoms with E-state index >= 15 is 0 Å². The summed E-state index contributed by atoms with van der Waals surface area (Å²) in [6.07, 6.45) is 15.8. The third-order valence-corrected chi connectivity index (χ3v) is 9.35. The zero-order chi connectivity index (χ0) is 33.8. The topological polar surface area (TPSA) is 149 Å². The molecule has 0 saturated heterocycles. The van der Waals surface area contributed by atoms with Gasteiger partial charge in [0.2, 0.25) is 0 Å². The lowest BCUT2D eigenvalue weighted by Gasteiger charge is -2.28. The third-order valence-electron chi connectivity index (χ3n) is 9.35. The van der Waals surface area contributed by atoms with Gasteiger partial charge in [-0.25, -0.2) is 9.59 Å². The van der Waals surface area contributed by atoms with Crippen LogP contribution < -0.4 is 0 Å². The molecule has 4 N–H and O–H groups in total. The predicted molar refractivity (Wildman–Crippen MR) is 178 cm³/mol. The Labute approximate surface area is 272 Å². The number of Topliss-reactive ketones (excluding diaryl/α,β-unsaturated/α-hetero) is 2. The van der Waals surface area contributed by atoms with E-state index in [9.17, 15) is 39.6 Å². The zero-order valence-corrected chi connectivity index (χ0v) is 27.5. The van der Waals surface area contributed by atoms with E-state index in [4.69, 9.17) is 0 Å². The number of aromatic carboxylic acids is 2. The normalized spacial score (nSPS) is 19.3. The SMILES string of the molecule is CC(=O)CCCCc1cc(C2C=CCCC2)cc(C(=O)O)c1O.CCCCc1cc(C(=O)O)c(O)cc1CC1CC(=O)CCC1C. The first-order valence-electron chi connectivity index (χ1n) is 16.8. The summed E-state index contributed by atoms with van der Waals surface area (Å²) in [5.41, 5.74) is 3.55. The van der Waals surface area contributed by atoms with E-state index in [0.717, 1.165) is 80.9 Å². The second-order valence-corrected chi connectivity index (χ2v) is 13.0. The molecule has 2 aliphatic carbocycles. The van der Waals surface area contributed by atoms with Crippen molar-refractivity contribution >= 4 is 23.5 Å². The lowest BCUT2D eigenvalue weighted by molar-refractivity contribution is -0.122. The van der Waals surface area contributed by atoms with Crippen LogP contribution in [-0.2, 0) is 28.9 Å². The van der Waals surface area contributed by atoms with Crippen molar-refractivity contribution in [2.24, 2.45) is 11.8 Å². The standard InChI is InChI=1S/C19H24O4.C19H26O4/c1-13(20)7-5-6-10-15-11-16(14-8-3-2-4-9-14)12-17(18(15)21)19(22)23;1-3-4-5-13-10-17(19(22)23)18(21)11-15(13)8-14-9-16(20)7-6-12(14)2/h3,8,11-12,14,21H,2,4-7,9-10H2,1H3,(H,22,23);10-12,14,21H,3-9H2,1-2H3,(H,22,23).